The van der Waals surface area contributed by atoms with Crippen LogP contribution in [-0.4, -0.2) is 42.4 Å². The van der Waals surface area contributed by atoms with Crippen molar-refractivity contribution in [3.63, 3.8) is 0 Å². The number of aromatic nitrogens is 3. The van der Waals surface area contributed by atoms with E-state index >= 15 is 0 Å². The zero-order chi connectivity index (χ0) is 24.4. The Balaban J connectivity index is 0.00000187. The van der Waals surface area contributed by atoms with Gasteiger partial charge in [-0.25, -0.2) is 4.98 Å². The summed E-state index contributed by atoms with van der Waals surface area (Å²) in [6.07, 6.45) is 0.995. The van der Waals surface area contributed by atoms with E-state index in [1.54, 1.807) is 51.7 Å². The summed E-state index contributed by atoms with van der Waals surface area (Å²) in [6, 6.07) is 10.8. The largest absolute Gasteiger partial charge is 0.493 e. The Morgan fingerprint density at radius 3 is 2.42 bits per heavy atom. The van der Waals surface area contributed by atoms with Gasteiger partial charge in [-0.1, -0.05) is 35.8 Å². The number of carbonyl (C=O) groups is 1. The Hall–Kier alpha value is -3.24. The molecule has 1 atom stereocenters. The van der Waals surface area contributed by atoms with Gasteiger partial charge in [0.2, 0.25) is 5.95 Å². The summed E-state index contributed by atoms with van der Waals surface area (Å²) in [7, 11) is 4.89. The topological polar surface area (TPSA) is 110 Å². The third-order valence-electron chi connectivity index (χ3n) is 4.45. The molecule has 33 heavy (non-hydrogen) atoms. The molecule has 0 saturated carbocycles. The molecular weight excluding hydrogens is 488 g/mol. The predicted molar refractivity (Wildman–Crippen MR) is 132 cm³/mol. The van der Waals surface area contributed by atoms with Crippen LogP contribution in [-0.2, 0) is 0 Å². The molecule has 1 aromatic heterocycles. The van der Waals surface area contributed by atoms with E-state index in [4.69, 9.17) is 9.47 Å². The zero-order valence-electron chi connectivity index (χ0n) is 19.6. The molecule has 0 aliphatic carbocycles. The first-order valence-electron chi connectivity index (χ1n) is 10.4. The van der Waals surface area contributed by atoms with Gasteiger partial charge in [-0.2, -0.15) is 0 Å². The molecule has 0 radical (unpaired) electrons. The molecule has 0 aliphatic rings. The first-order valence-corrected chi connectivity index (χ1v) is 11.2. The van der Waals surface area contributed by atoms with Crippen molar-refractivity contribution in [2.45, 2.75) is 26.9 Å². The van der Waals surface area contributed by atoms with Gasteiger partial charge in [0, 0.05) is 21.8 Å². The van der Waals surface area contributed by atoms with Crippen molar-refractivity contribution in [1.82, 2.24) is 25.8 Å². The van der Waals surface area contributed by atoms with Crippen molar-refractivity contribution in [3.8, 4) is 11.5 Å². The molecule has 9 nitrogen and oxygen atoms in total. The second-order valence-corrected chi connectivity index (χ2v) is 7.48. The van der Waals surface area contributed by atoms with E-state index in [0.29, 0.717) is 28.7 Å². The quantitative estimate of drug-likeness (QED) is 0.378. The standard InChI is InChI=1S/C21H23BrN6O3.C2H6/c1-12-8-15(10-17(30-3)18(12)31-4)25-21-24-11-16(27-28-21)19(23-2)26-20(29)13-6-5-7-14(22)9-13;1-2/h5-11,19,23H,1-4H3,(H,26,29)(H,24,25,28);1-2H3. The number of ether oxygens (including phenoxy) is 2. The molecule has 3 rings (SSSR count). The van der Waals surface area contributed by atoms with Crippen LogP contribution in [0.5, 0.6) is 11.5 Å². The van der Waals surface area contributed by atoms with E-state index in [1.807, 2.05) is 32.9 Å². The fourth-order valence-corrected chi connectivity index (χ4v) is 3.37. The number of hydrogen-bond acceptors (Lipinski definition) is 8. The average molecular weight is 517 g/mol. The van der Waals surface area contributed by atoms with Crippen LogP contribution in [0.4, 0.5) is 11.6 Å². The summed E-state index contributed by atoms with van der Waals surface area (Å²) in [5.74, 6) is 1.33. The van der Waals surface area contributed by atoms with Crippen molar-refractivity contribution >= 4 is 33.5 Å². The number of aryl methyl sites for hydroxylation is 1. The third-order valence-corrected chi connectivity index (χ3v) is 4.94. The second-order valence-electron chi connectivity index (χ2n) is 6.57. The fraction of sp³-hybridized carbons (Fsp3) is 0.304. The van der Waals surface area contributed by atoms with E-state index < -0.39 is 6.17 Å². The Kier molecular flexibility index (Phi) is 10.0. The summed E-state index contributed by atoms with van der Waals surface area (Å²) in [5.41, 5.74) is 2.63. The summed E-state index contributed by atoms with van der Waals surface area (Å²) >= 11 is 3.37. The van der Waals surface area contributed by atoms with Crippen LogP contribution in [0.15, 0.2) is 47.1 Å². The number of nitrogens with one attached hydrogen (secondary N) is 3. The lowest BCUT2D eigenvalue weighted by Crippen LogP contribution is -2.37. The number of carbonyl (C=O) groups excluding carboxylic acids is 1. The summed E-state index contributed by atoms with van der Waals surface area (Å²) in [5, 5.41) is 17.3. The van der Waals surface area contributed by atoms with Gasteiger partial charge in [0.1, 0.15) is 11.9 Å². The molecule has 0 saturated heterocycles. The van der Waals surface area contributed by atoms with Crippen LogP contribution in [0.25, 0.3) is 0 Å². The molecular formula is C23H29BrN6O3. The van der Waals surface area contributed by atoms with Crippen molar-refractivity contribution in [2.75, 3.05) is 26.6 Å². The third kappa shape index (κ3) is 6.87. The Morgan fingerprint density at radius 2 is 1.85 bits per heavy atom. The van der Waals surface area contributed by atoms with E-state index in [9.17, 15) is 4.79 Å². The molecule has 0 bridgehead atoms. The number of methoxy groups -OCH3 is 2. The number of hydrogen-bond donors (Lipinski definition) is 3. The van der Waals surface area contributed by atoms with Crippen molar-refractivity contribution < 1.29 is 14.3 Å². The molecule has 176 valence electrons. The number of benzene rings is 2. The van der Waals surface area contributed by atoms with Crippen molar-refractivity contribution in [2.24, 2.45) is 0 Å². The average Bonchev–Trinajstić information content (AvgIpc) is 2.84. The maximum atomic E-state index is 12.5. The fourth-order valence-electron chi connectivity index (χ4n) is 2.97. The number of nitrogens with zero attached hydrogens (tertiary/aromatic N) is 3. The second kappa shape index (κ2) is 12.7. The lowest BCUT2D eigenvalue weighted by molar-refractivity contribution is 0.0929. The maximum Gasteiger partial charge on any atom is 0.252 e. The maximum absolute atomic E-state index is 12.5. The van der Waals surface area contributed by atoms with Gasteiger partial charge in [-0.05, 0) is 43.8 Å². The van der Waals surface area contributed by atoms with E-state index in [2.05, 4.69) is 47.1 Å². The first-order chi connectivity index (χ1) is 15.9. The van der Waals surface area contributed by atoms with Gasteiger partial charge in [0.05, 0.1) is 20.4 Å². The van der Waals surface area contributed by atoms with Crippen LogP contribution in [0.2, 0.25) is 0 Å². The summed E-state index contributed by atoms with van der Waals surface area (Å²) < 4.78 is 11.5. The molecule has 10 heteroatoms. The zero-order valence-corrected chi connectivity index (χ0v) is 21.1. The van der Waals surface area contributed by atoms with E-state index in [-0.39, 0.29) is 5.91 Å². The smallest absolute Gasteiger partial charge is 0.252 e. The molecule has 0 fully saturated rings. The minimum atomic E-state index is -0.552. The Morgan fingerprint density at radius 1 is 1.09 bits per heavy atom. The van der Waals surface area contributed by atoms with Crippen molar-refractivity contribution in [1.29, 1.82) is 0 Å². The molecule has 0 spiro atoms. The molecule has 1 amide bonds. The Labute approximate surface area is 202 Å². The van der Waals surface area contributed by atoms with E-state index in [1.165, 1.54) is 0 Å². The van der Waals surface area contributed by atoms with E-state index in [0.717, 1.165) is 15.7 Å². The molecule has 3 aromatic rings. The molecule has 1 unspecified atom stereocenters. The van der Waals surface area contributed by atoms with Crippen LogP contribution in [0, 0.1) is 6.92 Å². The SMILES string of the molecule is CC.CNC(NC(=O)c1cccc(Br)c1)c1cnc(Nc2cc(C)c(OC)c(OC)c2)nn1. The number of anilines is 2. The van der Waals surface area contributed by atoms with Crippen LogP contribution in [0.3, 0.4) is 0 Å². The lowest BCUT2D eigenvalue weighted by Gasteiger charge is -2.17. The highest BCUT2D eigenvalue weighted by Crippen LogP contribution is 2.34. The van der Waals surface area contributed by atoms with Gasteiger partial charge >= 0.3 is 0 Å². The van der Waals surface area contributed by atoms with Crippen LogP contribution in [0.1, 0.15) is 41.6 Å². The minimum Gasteiger partial charge on any atom is -0.493 e. The molecule has 2 aromatic carbocycles. The number of amides is 1. The van der Waals surface area contributed by atoms with Crippen LogP contribution < -0.4 is 25.4 Å². The van der Waals surface area contributed by atoms with Gasteiger partial charge in [0.25, 0.3) is 5.91 Å². The Bertz CT molecular complexity index is 1060. The molecule has 3 N–H and O–H groups in total. The number of halogens is 1. The highest BCUT2D eigenvalue weighted by molar-refractivity contribution is 9.10. The van der Waals surface area contributed by atoms with Gasteiger partial charge in [-0.3, -0.25) is 10.1 Å². The van der Waals surface area contributed by atoms with Crippen LogP contribution >= 0.6 is 15.9 Å². The van der Waals surface area contributed by atoms with Gasteiger partial charge in [-0.15, -0.1) is 10.2 Å². The highest BCUT2D eigenvalue weighted by Gasteiger charge is 2.17. The summed E-state index contributed by atoms with van der Waals surface area (Å²) in [4.78, 5) is 16.8. The molecule has 1 heterocycles. The highest BCUT2D eigenvalue weighted by atomic mass is 79.9. The number of rotatable bonds is 8. The predicted octanol–water partition coefficient (Wildman–Crippen LogP) is 4.38. The summed E-state index contributed by atoms with van der Waals surface area (Å²) in [6.45, 7) is 5.92. The monoisotopic (exact) mass is 516 g/mol. The molecule has 0 aliphatic heterocycles. The van der Waals surface area contributed by atoms with Gasteiger partial charge in [0.15, 0.2) is 11.5 Å². The van der Waals surface area contributed by atoms with Gasteiger partial charge < -0.3 is 20.1 Å². The normalized spacial score (nSPS) is 11.0. The lowest BCUT2D eigenvalue weighted by atomic mass is 10.2. The minimum absolute atomic E-state index is 0.245. The first kappa shape index (κ1) is 26.0. The van der Waals surface area contributed by atoms with Crippen molar-refractivity contribution in [3.05, 3.63) is 63.9 Å².